The molecular formula is C21H25ClN6O2S. The number of anilines is 1. The Morgan fingerprint density at radius 2 is 1.81 bits per heavy atom. The van der Waals surface area contributed by atoms with E-state index in [0.29, 0.717) is 34.3 Å². The highest BCUT2D eigenvalue weighted by Crippen LogP contribution is 2.37. The molecule has 0 N–H and O–H groups in total. The zero-order chi connectivity index (χ0) is 21.8. The molecule has 1 aromatic carbocycles. The molecule has 0 saturated carbocycles. The Hall–Kier alpha value is -2.23. The zero-order valence-corrected chi connectivity index (χ0v) is 19.2. The van der Waals surface area contributed by atoms with Crippen LogP contribution in [0, 0.1) is 6.92 Å². The second kappa shape index (κ2) is 7.72. The molecule has 0 radical (unpaired) electrons. The number of halogens is 1. The highest BCUT2D eigenvalue weighted by atomic mass is 35.5. The molecule has 2 fully saturated rings. The summed E-state index contributed by atoms with van der Waals surface area (Å²) in [6.07, 6.45) is 0.540. The van der Waals surface area contributed by atoms with Crippen molar-refractivity contribution < 1.29 is 8.42 Å². The molecule has 1 unspecified atom stereocenters. The summed E-state index contributed by atoms with van der Waals surface area (Å²) in [6, 6.07) is 7.30. The number of rotatable bonds is 3. The number of imidazole rings is 1. The average molecular weight is 461 g/mol. The summed E-state index contributed by atoms with van der Waals surface area (Å²) in [4.78, 5) is 19.0. The van der Waals surface area contributed by atoms with Gasteiger partial charge in [-0.2, -0.15) is 0 Å². The lowest BCUT2D eigenvalue weighted by molar-refractivity contribution is 0.312. The highest BCUT2D eigenvalue weighted by Gasteiger charge is 2.34. The molecule has 2 aliphatic heterocycles. The van der Waals surface area contributed by atoms with E-state index in [4.69, 9.17) is 26.6 Å². The Balaban J connectivity index is 1.74. The summed E-state index contributed by atoms with van der Waals surface area (Å²) >= 11 is 6.53. The summed E-state index contributed by atoms with van der Waals surface area (Å²) in [5, 5.41) is 0.575. The summed E-state index contributed by atoms with van der Waals surface area (Å²) in [5.41, 5.74) is 2.15. The quantitative estimate of drug-likeness (QED) is 0.593. The summed E-state index contributed by atoms with van der Waals surface area (Å²) < 4.78 is 26.6. The molecule has 0 bridgehead atoms. The van der Waals surface area contributed by atoms with Gasteiger partial charge in [0.05, 0.1) is 22.6 Å². The van der Waals surface area contributed by atoms with Gasteiger partial charge in [-0.1, -0.05) is 23.7 Å². The minimum Gasteiger partial charge on any atom is -0.352 e. The molecule has 8 nitrogen and oxygen atoms in total. The van der Waals surface area contributed by atoms with Crippen molar-refractivity contribution in [3.05, 3.63) is 35.1 Å². The van der Waals surface area contributed by atoms with Crippen LogP contribution in [0.3, 0.4) is 0 Å². The summed E-state index contributed by atoms with van der Waals surface area (Å²) in [5.74, 6) is 2.37. The molecule has 31 heavy (non-hydrogen) atoms. The van der Waals surface area contributed by atoms with Gasteiger partial charge in [0.15, 0.2) is 26.8 Å². The molecule has 0 spiro atoms. The molecule has 1 atom stereocenters. The zero-order valence-electron chi connectivity index (χ0n) is 17.6. The van der Waals surface area contributed by atoms with Crippen molar-refractivity contribution in [2.24, 2.45) is 0 Å². The predicted molar refractivity (Wildman–Crippen MR) is 123 cm³/mol. The van der Waals surface area contributed by atoms with Gasteiger partial charge in [-0.05, 0) is 32.5 Å². The van der Waals surface area contributed by atoms with Crippen LogP contribution in [0.4, 0.5) is 5.82 Å². The third-order valence-corrected chi connectivity index (χ3v) is 8.20. The molecular weight excluding hydrogens is 436 g/mol. The Morgan fingerprint density at radius 3 is 2.48 bits per heavy atom. The molecule has 10 heteroatoms. The molecule has 0 aliphatic carbocycles. The van der Waals surface area contributed by atoms with E-state index in [1.807, 2.05) is 35.8 Å². The standard InChI is InChI=1S/C21H25ClN6O2S/c1-14-23-20(27-10-8-26(2)9-11-27)18-21(24-14)28(15-7-12-31(29,30)13-15)19(25-18)16-5-3-4-6-17(16)22/h3-6,15H,7-13H2,1-2H3. The summed E-state index contributed by atoms with van der Waals surface area (Å²) in [6.45, 7) is 5.48. The van der Waals surface area contributed by atoms with E-state index in [1.165, 1.54) is 0 Å². The van der Waals surface area contributed by atoms with Crippen LogP contribution in [-0.2, 0) is 9.84 Å². The molecule has 0 amide bonds. The maximum atomic E-state index is 12.3. The first kappa shape index (κ1) is 20.7. The van der Waals surface area contributed by atoms with E-state index in [0.717, 1.165) is 37.6 Å². The number of likely N-dealkylation sites (N-methyl/N-ethyl adjacent to an activating group) is 1. The van der Waals surface area contributed by atoms with E-state index in [-0.39, 0.29) is 17.5 Å². The van der Waals surface area contributed by atoms with Crippen LogP contribution in [0.5, 0.6) is 0 Å². The summed E-state index contributed by atoms with van der Waals surface area (Å²) in [7, 11) is -0.973. The fourth-order valence-corrected chi connectivity index (χ4v) is 6.38. The van der Waals surface area contributed by atoms with Crippen molar-refractivity contribution in [2.45, 2.75) is 19.4 Å². The number of hydrogen-bond acceptors (Lipinski definition) is 7. The third-order valence-electron chi connectivity index (χ3n) is 6.12. The number of aromatic nitrogens is 4. The van der Waals surface area contributed by atoms with Gasteiger partial charge in [0.2, 0.25) is 0 Å². The Labute approximate surface area is 186 Å². The minimum absolute atomic E-state index is 0.0861. The first-order chi connectivity index (χ1) is 14.8. The highest BCUT2D eigenvalue weighted by molar-refractivity contribution is 7.91. The number of nitrogens with zero attached hydrogens (tertiary/aromatic N) is 6. The maximum Gasteiger partial charge on any atom is 0.166 e. The number of fused-ring (bicyclic) bond motifs is 1. The van der Waals surface area contributed by atoms with Gasteiger partial charge in [0, 0.05) is 31.7 Å². The molecule has 3 aromatic rings. The average Bonchev–Trinajstić information content (AvgIpc) is 3.28. The van der Waals surface area contributed by atoms with Gasteiger partial charge in [-0.3, -0.25) is 0 Å². The lowest BCUT2D eigenvalue weighted by Gasteiger charge is -2.33. The van der Waals surface area contributed by atoms with E-state index in [2.05, 4.69) is 16.8 Å². The third kappa shape index (κ3) is 3.79. The second-order valence-electron chi connectivity index (χ2n) is 8.40. The molecule has 164 valence electrons. The van der Waals surface area contributed by atoms with Crippen LogP contribution < -0.4 is 4.90 Å². The molecule has 2 aliphatic rings. The van der Waals surface area contributed by atoms with Gasteiger partial charge >= 0.3 is 0 Å². The van der Waals surface area contributed by atoms with E-state index < -0.39 is 9.84 Å². The monoisotopic (exact) mass is 460 g/mol. The number of sulfone groups is 1. The largest absolute Gasteiger partial charge is 0.352 e. The van der Waals surface area contributed by atoms with Crippen molar-refractivity contribution in [1.82, 2.24) is 24.4 Å². The van der Waals surface area contributed by atoms with Crippen molar-refractivity contribution in [2.75, 3.05) is 49.6 Å². The lowest BCUT2D eigenvalue weighted by Crippen LogP contribution is -2.45. The molecule has 5 rings (SSSR count). The fourth-order valence-electron chi connectivity index (χ4n) is 4.46. The van der Waals surface area contributed by atoms with E-state index in [9.17, 15) is 8.42 Å². The van der Waals surface area contributed by atoms with Crippen molar-refractivity contribution in [3.8, 4) is 11.4 Å². The van der Waals surface area contributed by atoms with Crippen LogP contribution in [0.2, 0.25) is 5.02 Å². The van der Waals surface area contributed by atoms with Gasteiger partial charge in [0.25, 0.3) is 0 Å². The normalized spacial score (nSPS) is 21.8. The second-order valence-corrected chi connectivity index (χ2v) is 11.0. The van der Waals surface area contributed by atoms with Crippen LogP contribution >= 0.6 is 11.6 Å². The lowest BCUT2D eigenvalue weighted by atomic mass is 10.2. The molecule has 2 aromatic heterocycles. The van der Waals surface area contributed by atoms with E-state index in [1.54, 1.807) is 0 Å². The predicted octanol–water partition coefficient (Wildman–Crippen LogP) is 2.57. The first-order valence-electron chi connectivity index (χ1n) is 10.5. The minimum atomic E-state index is -3.09. The smallest absolute Gasteiger partial charge is 0.166 e. The Morgan fingerprint density at radius 1 is 1.06 bits per heavy atom. The topological polar surface area (TPSA) is 84.2 Å². The fraction of sp³-hybridized carbons (Fsp3) is 0.476. The maximum absolute atomic E-state index is 12.3. The van der Waals surface area contributed by atoms with Gasteiger partial charge < -0.3 is 14.4 Å². The van der Waals surface area contributed by atoms with Gasteiger partial charge in [-0.25, -0.2) is 23.4 Å². The van der Waals surface area contributed by atoms with Crippen LogP contribution in [-0.4, -0.2) is 77.6 Å². The Bertz CT molecular complexity index is 1250. The number of benzene rings is 1. The van der Waals surface area contributed by atoms with Crippen molar-refractivity contribution in [3.63, 3.8) is 0 Å². The van der Waals surface area contributed by atoms with Crippen LogP contribution in [0.25, 0.3) is 22.6 Å². The molecule has 4 heterocycles. The SMILES string of the molecule is Cc1nc(N2CCN(C)CC2)c2nc(-c3ccccc3Cl)n(C3CCS(=O)(=O)C3)c2n1. The van der Waals surface area contributed by atoms with Gasteiger partial charge in [-0.15, -0.1) is 0 Å². The first-order valence-corrected chi connectivity index (χ1v) is 12.7. The van der Waals surface area contributed by atoms with Crippen molar-refractivity contribution in [1.29, 1.82) is 0 Å². The van der Waals surface area contributed by atoms with Crippen LogP contribution in [0.15, 0.2) is 24.3 Å². The van der Waals surface area contributed by atoms with Crippen LogP contribution in [0.1, 0.15) is 18.3 Å². The van der Waals surface area contributed by atoms with Crippen molar-refractivity contribution >= 4 is 38.4 Å². The number of aryl methyl sites for hydroxylation is 1. The van der Waals surface area contributed by atoms with E-state index >= 15 is 0 Å². The Kier molecular flexibility index (Phi) is 5.15. The van der Waals surface area contributed by atoms with Gasteiger partial charge in [0.1, 0.15) is 11.6 Å². The number of hydrogen-bond donors (Lipinski definition) is 0. The molecule has 2 saturated heterocycles. The number of piperazine rings is 1.